The number of hydrogen-bond donors (Lipinski definition) is 2. The number of carbonyl (C=O) groups excluding carboxylic acids is 1. The number of benzene rings is 1. The average Bonchev–Trinajstić information content (AvgIpc) is 2.56. The second-order valence-corrected chi connectivity index (χ2v) is 5.66. The van der Waals surface area contributed by atoms with Crippen LogP contribution < -0.4 is 10.8 Å². The first-order chi connectivity index (χ1) is 11.4. The number of pyridine rings is 1. The third-order valence-electron chi connectivity index (χ3n) is 3.18. The monoisotopic (exact) mass is 397 g/mol. The third kappa shape index (κ3) is 3.60. The molecule has 1 amide bonds. The number of carbonyl (C=O) groups is 1. The molecule has 0 atom stereocenters. The van der Waals surface area contributed by atoms with E-state index < -0.39 is 17.5 Å². The Morgan fingerprint density at radius 2 is 2.08 bits per heavy atom. The minimum atomic E-state index is -1.21. The number of aromatic nitrogens is 1. The summed E-state index contributed by atoms with van der Waals surface area (Å²) >= 11 is 2.88. The van der Waals surface area contributed by atoms with Gasteiger partial charge >= 0.3 is 0 Å². The lowest BCUT2D eigenvalue weighted by Crippen LogP contribution is -2.23. The summed E-state index contributed by atoms with van der Waals surface area (Å²) in [7, 11) is 1.24. The molecule has 126 valence electrons. The summed E-state index contributed by atoms with van der Waals surface area (Å²) in [6.45, 7) is 5.38. The van der Waals surface area contributed by atoms with Gasteiger partial charge in [0.2, 0.25) is 0 Å². The van der Waals surface area contributed by atoms with Gasteiger partial charge in [-0.2, -0.15) is 0 Å². The number of amides is 1. The number of aryl methyl sites for hydroxylation is 1. The molecule has 8 heteroatoms. The maximum Gasteiger partial charge on any atom is 0.277 e. The Bertz CT molecular complexity index is 812. The van der Waals surface area contributed by atoms with Gasteiger partial charge in [0.05, 0.1) is 22.8 Å². The zero-order chi connectivity index (χ0) is 17.9. The molecule has 1 heterocycles. The largest absolute Gasteiger partial charge is 0.337 e. The van der Waals surface area contributed by atoms with Gasteiger partial charge in [0.1, 0.15) is 5.82 Å². The Morgan fingerprint density at radius 1 is 1.38 bits per heavy atom. The first-order valence-electron chi connectivity index (χ1n) is 6.76. The molecule has 0 spiro atoms. The van der Waals surface area contributed by atoms with E-state index in [2.05, 4.69) is 43.1 Å². The molecule has 0 saturated heterocycles. The molecule has 0 radical (unpaired) electrons. The highest BCUT2D eigenvalue weighted by Crippen LogP contribution is 2.31. The van der Waals surface area contributed by atoms with Gasteiger partial charge in [-0.3, -0.25) is 9.63 Å². The van der Waals surface area contributed by atoms with Gasteiger partial charge in [-0.1, -0.05) is 12.7 Å². The summed E-state index contributed by atoms with van der Waals surface area (Å²) in [4.78, 5) is 20.7. The fraction of sp³-hybridized carbons (Fsp3) is 0.125. The van der Waals surface area contributed by atoms with Crippen LogP contribution in [-0.2, 0) is 4.84 Å². The molecule has 5 nitrogen and oxygen atoms in total. The summed E-state index contributed by atoms with van der Waals surface area (Å²) in [6, 6.07) is 2.92. The Labute approximate surface area is 145 Å². The Morgan fingerprint density at radius 3 is 2.67 bits per heavy atom. The highest BCUT2D eigenvalue weighted by molar-refractivity contribution is 9.10. The van der Waals surface area contributed by atoms with Crippen molar-refractivity contribution in [1.29, 1.82) is 0 Å². The number of hydrogen-bond acceptors (Lipinski definition) is 4. The van der Waals surface area contributed by atoms with E-state index in [1.807, 2.05) is 0 Å². The molecule has 0 aliphatic heterocycles. The second kappa shape index (κ2) is 7.50. The van der Waals surface area contributed by atoms with Crippen LogP contribution in [0.4, 0.5) is 20.3 Å². The number of nitrogens with zero attached hydrogens (tertiary/aromatic N) is 1. The van der Waals surface area contributed by atoms with Crippen molar-refractivity contribution in [2.75, 3.05) is 12.4 Å². The van der Waals surface area contributed by atoms with Crippen molar-refractivity contribution in [3.8, 4) is 0 Å². The maximum absolute atomic E-state index is 14.4. The number of hydroxylamine groups is 1. The van der Waals surface area contributed by atoms with Crippen molar-refractivity contribution in [1.82, 2.24) is 10.5 Å². The van der Waals surface area contributed by atoms with Crippen molar-refractivity contribution in [3.63, 3.8) is 0 Å². The van der Waals surface area contributed by atoms with Crippen LogP contribution in [0.3, 0.4) is 0 Å². The van der Waals surface area contributed by atoms with Crippen molar-refractivity contribution >= 4 is 39.4 Å². The molecule has 1 aromatic heterocycles. The second-order valence-electron chi connectivity index (χ2n) is 4.81. The number of nitrogens with one attached hydrogen (secondary N) is 2. The van der Waals surface area contributed by atoms with Crippen LogP contribution in [0.1, 0.15) is 21.5 Å². The fourth-order valence-electron chi connectivity index (χ4n) is 2.00. The highest BCUT2D eigenvalue weighted by Gasteiger charge is 2.22. The first kappa shape index (κ1) is 18.0. The number of halogens is 3. The van der Waals surface area contributed by atoms with Crippen molar-refractivity contribution in [2.45, 2.75) is 6.92 Å². The zero-order valence-corrected chi connectivity index (χ0v) is 14.5. The summed E-state index contributed by atoms with van der Waals surface area (Å²) in [5.41, 5.74) is 3.04. The minimum Gasteiger partial charge on any atom is -0.337 e. The molecule has 24 heavy (non-hydrogen) atoms. The summed E-state index contributed by atoms with van der Waals surface area (Å²) in [5.74, 6) is -2.78. The van der Waals surface area contributed by atoms with Gasteiger partial charge < -0.3 is 5.32 Å². The van der Waals surface area contributed by atoms with Crippen LogP contribution in [-0.4, -0.2) is 18.0 Å². The van der Waals surface area contributed by atoms with E-state index in [0.29, 0.717) is 5.56 Å². The maximum atomic E-state index is 14.4. The van der Waals surface area contributed by atoms with Gasteiger partial charge in [0, 0.05) is 6.20 Å². The fourth-order valence-corrected chi connectivity index (χ4v) is 2.40. The predicted octanol–water partition coefficient (Wildman–Crippen LogP) is 4.11. The van der Waals surface area contributed by atoms with Gasteiger partial charge in [0.25, 0.3) is 5.91 Å². The molecule has 0 fully saturated rings. The summed E-state index contributed by atoms with van der Waals surface area (Å²) < 4.78 is 28.1. The molecular weight excluding hydrogens is 384 g/mol. The molecule has 2 aromatic rings. The molecule has 1 aromatic carbocycles. The van der Waals surface area contributed by atoms with Crippen molar-refractivity contribution in [3.05, 3.63) is 57.7 Å². The van der Waals surface area contributed by atoms with E-state index >= 15 is 0 Å². The van der Waals surface area contributed by atoms with Crippen molar-refractivity contribution < 1.29 is 18.4 Å². The van der Waals surface area contributed by atoms with Gasteiger partial charge in [-0.15, -0.1) is 0 Å². The number of anilines is 2. The van der Waals surface area contributed by atoms with Crippen LogP contribution in [0, 0.1) is 18.6 Å². The van der Waals surface area contributed by atoms with Crippen LogP contribution in [0.5, 0.6) is 0 Å². The SMILES string of the molecule is C=Cc1cnc(Nc2c(C(=O)NOC)cc(Br)c(F)c2F)c(C)c1. The van der Waals surface area contributed by atoms with E-state index in [4.69, 9.17) is 0 Å². The molecule has 0 aliphatic rings. The van der Waals surface area contributed by atoms with Crippen LogP contribution in [0.2, 0.25) is 0 Å². The Balaban J connectivity index is 2.54. The lowest BCUT2D eigenvalue weighted by Gasteiger charge is -2.15. The van der Waals surface area contributed by atoms with Gasteiger partial charge in [-0.05, 0) is 46.1 Å². The number of rotatable bonds is 5. The quantitative estimate of drug-likeness (QED) is 0.588. The van der Waals surface area contributed by atoms with Crippen LogP contribution in [0.15, 0.2) is 29.4 Å². The van der Waals surface area contributed by atoms with Gasteiger partial charge in [0.15, 0.2) is 11.6 Å². The molecular formula is C16H14BrF2N3O2. The Hall–Kier alpha value is -2.32. The summed E-state index contributed by atoms with van der Waals surface area (Å²) in [6.07, 6.45) is 3.13. The predicted molar refractivity (Wildman–Crippen MR) is 90.9 cm³/mol. The van der Waals surface area contributed by atoms with E-state index in [1.165, 1.54) is 13.3 Å². The normalized spacial score (nSPS) is 10.4. The lowest BCUT2D eigenvalue weighted by atomic mass is 10.1. The Kier molecular flexibility index (Phi) is 5.63. The standard InChI is InChI=1S/C16H14BrF2N3O2/c1-4-9-5-8(2)15(20-7-9)21-14-10(16(23)22-24-3)6-11(17)12(18)13(14)19/h4-7H,1H2,2-3H3,(H,20,21)(H,22,23). The van der Waals surface area contributed by atoms with E-state index in [0.717, 1.165) is 11.6 Å². The molecule has 0 saturated carbocycles. The average molecular weight is 398 g/mol. The highest BCUT2D eigenvalue weighted by atomic mass is 79.9. The first-order valence-corrected chi connectivity index (χ1v) is 7.55. The van der Waals surface area contributed by atoms with Crippen LogP contribution >= 0.6 is 15.9 Å². The van der Waals surface area contributed by atoms with Crippen molar-refractivity contribution in [2.24, 2.45) is 0 Å². The lowest BCUT2D eigenvalue weighted by molar-refractivity contribution is 0.0538. The third-order valence-corrected chi connectivity index (χ3v) is 3.76. The zero-order valence-electron chi connectivity index (χ0n) is 12.9. The molecule has 0 unspecified atom stereocenters. The van der Waals surface area contributed by atoms with Crippen LogP contribution in [0.25, 0.3) is 6.08 Å². The molecule has 0 bridgehead atoms. The smallest absolute Gasteiger partial charge is 0.277 e. The topological polar surface area (TPSA) is 63.2 Å². The molecule has 2 rings (SSSR count). The van der Waals surface area contributed by atoms with Gasteiger partial charge in [-0.25, -0.2) is 19.2 Å². The molecule has 0 aliphatic carbocycles. The van der Waals surface area contributed by atoms with E-state index in [9.17, 15) is 13.6 Å². The van der Waals surface area contributed by atoms with E-state index in [-0.39, 0.29) is 21.5 Å². The van der Waals surface area contributed by atoms with E-state index in [1.54, 1.807) is 19.1 Å². The molecule has 2 N–H and O–H groups in total. The minimum absolute atomic E-state index is 0.142. The summed E-state index contributed by atoms with van der Waals surface area (Å²) in [5, 5.41) is 2.67.